The van der Waals surface area contributed by atoms with Crippen LogP contribution < -0.4 is 21.3 Å². The SMILES string of the molecule is [B]/C(C)=C\C(=C)Nc1ccc(F)c(Nc2nc(N/C(=C/NC)C(=N)Cl)ncc2-c2ccc(C(F)(F)F)cc2)c1. The molecule has 0 atom stereocenters. The molecule has 200 valence electrons. The van der Waals surface area contributed by atoms with Crippen LogP contribution in [0.25, 0.3) is 11.1 Å². The molecule has 1 heterocycles. The summed E-state index contributed by atoms with van der Waals surface area (Å²) in [6, 6.07) is 8.57. The van der Waals surface area contributed by atoms with Crippen molar-refractivity contribution < 1.29 is 17.6 Å². The maximum Gasteiger partial charge on any atom is 0.416 e. The molecule has 39 heavy (non-hydrogen) atoms. The Morgan fingerprint density at radius 2 is 1.82 bits per heavy atom. The van der Waals surface area contributed by atoms with E-state index in [-0.39, 0.29) is 28.3 Å². The fourth-order valence-electron chi connectivity index (χ4n) is 3.33. The molecule has 1 aromatic heterocycles. The lowest BCUT2D eigenvalue weighted by molar-refractivity contribution is -0.137. The van der Waals surface area contributed by atoms with Gasteiger partial charge in [-0.2, -0.15) is 18.2 Å². The van der Waals surface area contributed by atoms with E-state index in [0.717, 1.165) is 12.1 Å². The summed E-state index contributed by atoms with van der Waals surface area (Å²) in [6.07, 6.45) is -0.142. The Hall–Kier alpha value is -4.32. The Balaban J connectivity index is 2.06. The van der Waals surface area contributed by atoms with Crippen LogP contribution in [-0.4, -0.2) is 30.0 Å². The van der Waals surface area contributed by atoms with Crippen LogP contribution in [-0.2, 0) is 6.18 Å². The molecule has 0 saturated heterocycles. The second-order valence-electron chi connectivity index (χ2n) is 8.17. The van der Waals surface area contributed by atoms with Gasteiger partial charge in [0.25, 0.3) is 0 Å². The first-order valence-corrected chi connectivity index (χ1v) is 11.6. The second kappa shape index (κ2) is 12.5. The molecule has 0 aliphatic rings. The third kappa shape index (κ3) is 8.08. The van der Waals surface area contributed by atoms with Gasteiger partial charge in [0.05, 0.1) is 16.9 Å². The van der Waals surface area contributed by atoms with Gasteiger partial charge in [-0.25, -0.2) is 9.37 Å². The molecule has 2 aromatic carbocycles. The van der Waals surface area contributed by atoms with E-state index in [1.165, 1.54) is 42.7 Å². The summed E-state index contributed by atoms with van der Waals surface area (Å²) >= 11 is 5.81. The van der Waals surface area contributed by atoms with Crippen molar-refractivity contribution in [2.75, 3.05) is 23.0 Å². The zero-order chi connectivity index (χ0) is 28.7. The van der Waals surface area contributed by atoms with Crippen molar-refractivity contribution in [3.05, 3.63) is 95.8 Å². The second-order valence-corrected chi connectivity index (χ2v) is 8.55. The number of halogens is 5. The van der Waals surface area contributed by atoms with Gasteiger partial charge in [0, 0.05) is 36.4 Å². The van der Waals surface area contributed by atoms with Crippen LogP contribution in [0.5, 0.6) is 0 Å². The molecule has 0 spiro atoms. The minimum absolute atomic E-state index is 0.00770. The molecule has 0 aliphatic heterocycles. The average Bonchev–Trinajstić information content (AvgIpc) is 2.85. The molecule has 13 heteroatoms. The smallest absolute Gasteiger partial charge is 0.392 e. The molecule has 0 aliphatic carbocycles. The van der Waals surface area contributed by atoms with Crippen LogP contribution in [0.15, 0.2) is 84.4 Å². The molecule has 0 bridgehead atoms. The van der Waals surface area contributed by atoms with Crippen molar-refractivity contribution in [3.8, 4) is 11.1 Å². The van der Waals surface area contributed by atoms with Gasteiger partial charge >= 0.3 is 6.18 Å². The minimum Gasteiger partial charge on any atom is -0.392 e. The van der Waals surface area contributed by atoms with Gasteiger partial charge in [0.15, 0.2) is 0 Å². The van der Waals surface area contributed by atoms with Crippen molar-refractivity contribution in [1.82, 2.24) is 15.3 Å². The number of anilines is 4. The summed E-state index contributed by atoms with van der Waals surface area (Å²) in [5.74, 6) is -0.557. The largest absolute Gasteiger partial charge is 0.416 e. The minimum atomic E-state index is -4.51. The van der Waals surface area contributed by atoms with Gasteiger partial charge < -0.3 is 21.3 Å². The van der Waals surface area contributed by atoms with Crippen LogP contribution in [0.3, 0.4) is 0 Å². The predicted molar refractivity (Wildman–Crippen MR) is 149 cm³/mol. The zero-order valence-electron chi connectivity index (χ0n) is 20.8. The third-order valence-electron chi connectivity index (χ3n) is 5.01. The summed E-state index contributed by atoms with van der Waals surface area (Å²) in [4.78, 5) is 8.58. The Labute approximate surface area is 229 Å². The highest BCUT2D eigenvalue weighted by atomic mass is 35.5. The lowest BCUT2D eigenvalue weighted by atomic mass is 9.97. The highest BCUT2D eigenvalue weighted by Gasteiger charge is 2.30. The number of aromatic nitrogens is 2. The number of benzene rings is 2. The van der Waals surface area contributed by atoms with Crippen molar-refractivity contribution in [2.24, 2.45) is 0 Å². The highest BCUT2D eigenvalue weighted by Crippen LogP contribution is 2.34. The average molecular weight is 556 g/mol. The van der Waals surface area contributed by atoms with Crippen LogP contribution in [0.1, 0.15) is 12.5 Å². The van der Waals surface area contributed by atoms with Gasteiger partial charge in [0.2, 0.25) is 5.95 Å². The van der Waals surface area contributed by atoms with Gasteiger partial charge in [-0.15, -0.1) is 5.47 Å². The van der Waals surface area contributed by atoms with Gasteiger partial charge in [-0.3, -0.25) is 5.41 Å². The van der Waals surface area contributed by atoms with E-state index in [1.54, 1.807) is 20.0 Å². The maximum atomic E-state index is 14.8. The molecule has 0 saturated carbocycles. The zero-order valence-corrected chi connectivity index (χ0v) is 21.6. The van der Waals surface area contributed by atoms with E-state index in [4.69, 9.17) is 24.9 Å². The molecule has 5 N–H and O–H groups in total. The lowest BCUT2D eigenvalue weighted by Gasteiger charge is -2.16. The number of rotatable bonds is 10. The number of nitrogens with one attached hydrogen (secondary N) is 5. The first-order valence-electron chi connectivity index (χ1n) is 11.3. The monoisotopic (exact) mass is 555 g/mol. The summed E-state index contributed by atoms with van der Waals surface area (Å²) in [6.45, 7) is 5.53. The number of hydrogen-bond acceptors (Lipinski definition) is 7. The van der Waals surface area contributed by atoms with E-state index in [9.17, 15) is 17.6 Å². The van der Waals surface area contributed by atoms with Gasteiger partial charge in [-0.1, -0.05) is 43.3 Å². The predicted octanol–water partition coefficient (Wildman–Crippen LogP) is 6.73. The third-order valence-corrected chi connectivity index (χ3v) is 5.21. The van der Waals surface area contributed by atoms with E-state index in [2.05, 4.69) is 37.8 Å². The summed E-state index contributed by atoms with van der Waals surface area (Å²) in [7, 11) is 7.27. The summed E-state index contributed by atoms with van der Waals surface area (Å²) in [5, 5.41) is 18.8. The van der Waals surface area contributed by atoms with E-state index in [0.29, 0.717) is 28.0 Å². The molecule has 0 unspecified atom stereocenters. The van der Waals surface area contributed by atoms with Crippen LogP contribution in [0, 0.1) is 11.2 Å². The Bertz CT molecular complexity index is 1430. The standard InChI is InChI=1S/C26H23BClF4N7/c1-14(27)10-15(2)36-18-8-9-20(29)21(11-18)37-24-19(16-4-6-17(7-5-16)26(30,31)32)12-35-25(39-24)38-22(13-34-3)23(28)33/h4-13,33-34,36H,2H2,1,3H3,(H2,35,37,38,39)/b14-10-,22-13+,33-23?. The molecular weight excluding hydrogens is 533 g/mol. The number of nitrogens with zero attached hydrogens (tertiary/aromatic N) is 2. The fraction of sp³-hybridized carbons (Fsp3) is 0.115. The van der Waals surface area contributed by atoms with Crippen molar-refractivity contribution in [2.45, 2.75) is 13.1 Å². The maximum absolute atomic E-state index is 14.8. The lowest BCUT2D eigenvalue weighted by Crippen LogP contribution is -2.13. The first kappa shape index (κ1) is 29.2. The Kier molecular flexibility index (Phi) is 9.36. The Morgan fingerprint density at radius 1 is 1.13 bits per heavy atom. The summed E-state index contributed by atoms with van der Waals surface area (Å²) < 4.78 is 54.1. The fourth-order valence-corrected chi connectivity index (χ4v) is 3.43. The molecule has 2 radical (unpaired) electrons. The van der Waals surface area contributed by atoms with Crippen molar-refractivity contribution >= 4 is 47.8 Å². The van der Waals surface area contributed by atoms with E-state index < -0.39 is 17.6 Å². The van der Waals surface area contributed by atoms with Crippen LogP contribution >= 0.6 is 11.6 Å². The molecular formula is C26H23BClF4N7. The molecule has 0 fully saturated rings. The molecule has 0 amide bonds. The van der Waals surface area contributed by atoms with Crippen molar-refractivity contribution in [3.63, 3.8) is 0 Å². The normalized spacial score (nSPS) is 12.1. The highest BCUT2D eigenvalue weighted by molar-refractivity contribution is 6.68. The Morgan fingerprint density at radius 3 is 2.41 bits per heavy atom. The topological polar surface area (TPSA) is 97.8 Å². The van der Waals surface area contributed by atoms with Crippen LogP contribution in [0.4, 0.5) is 40.7 Å². The first-order chi connectivity index (χ1) is 18.4. The number of alkyl halides is 3. The van der Waals surface area contributed by atoms with E-state index in [1.807, 2.05) is 0 Å². The van der Waals surface area contributed by atoms with E-state index >= 15 is 0 Å². The summed E-state index contributed by atoms with van der Waals surface area (Å²) in [5.41, 5.74) is 1.44. The molecule has 3 aromatic rings. The quantitative estimate of drug-likeness (QED) is 0.0823. The molecule has 3 rings (SSSR count). The van der Waals surface area contributed by atoms with Gasteiger partial charge in [0.1, 0.15) is 24.7 Å². The molecule has 7 nitrogen and oxygen atoms in total. The van der Waals surface area contributed by atoms with Gasteiger partial charge in [-0.05, 0) is 35.9 Å². The van der Waals surface area contributed by atoms with Crippen molar-refractivity contribution in [1.29, 1.82) is 5.41 Å². The number of allylic oxidation sites excluding steroid dienone is 3. The number of hydrogen-bond donors (Lipinski definition) is 5. The van der Waals surface area contributed by atoms with Crippen LogP contribution in [0.2, 0.25) is 0 Å².